The molecule has 0 fully saturated rings. The highest BCUT2D eigenvalue weighted by molar-refractivity contribution is 7.18. The van der Waals surface area contributed by atoms with Crippen LogP contribution in [-0.2, 0) is 4.79 Å². The van der Waals surface area contributed by atoms with Crippen LogP contribution in [0.25, 0.3) is 0 Å². The van der Waals surface area contributed by atoms with Gasteiger partial charge in [0, 0.05) is 20.5 Å². The van der Waals surface area contributed by atoms with Gasteiger partial charge in [-0.1, -0.05) is 0 Å². The number of nitrogens with zero attached hydrogens (tertiary/aromatic N) is 1. The molecule has 6 heteroatoms. The molecule has 1 atom stereocenters. The lowest BCUT2D eigenvalue weighted by molar-refractivity contribution is -0.114. The SMILES string of the molecule is CC(=O)Nc1ccc(C(=O)N(C)CCC(C)O)s1. The molecule has 2 amide bonds. The number of aliphatic hydroxyl groups is 1. The topological polar surface area (TPSA) is 69.6 Å². The second kappa shape index (κ2) is 6.51. The first-order chi connectivity index (χ1) is 8.40. The molecule has 0 bridgehead atoms. The van der Waals surface area contributed by atoms with Crippen molar-refractivity contribution in [1.82, 2.24) is 4.90 Å². The molecular formula is C12H18N2O3S. The third-order valence-corrected chi connectivity index (χ3v) is 3.33. The zero-order valence-electron chi connectivity index (χ0n) is 10.8. The van der Waals surface area contributed by atoms with E-state index >= 15 is 0 Å². The Morgan fingerprint density at radius 3 is 2.72 bits per heavy atom. The molecule has 2 N–H and O–H groups in total. The van der Waals surface area contributed by atoms with E-state index in [4.69, 9.17) is 0 Å². The van der Waals surface area contributed by atoms with Crippen LogP contribution in [0, 0.1) is 0 Å². The molecule has 1 heterocycles. The Hall–Kier alpha value is -1.40. The summed E-state index contributed by atoms with van der Waals surface area (Å²) in [6, 6.07) is 3.40. The van der Waals surface area contributed by atoms with Crippen LogP contribution in [0.4, 0.5) is 5.00 Å². The smallest absolute Gasteiger partial charge is 0.263 e. The van der Waals surface area contributed by atoms with Gasteiger partial charge in [0.05, 0.1) is 16.0 Å². The minimum Gasteiger partial charge on any atom is -0.393 e. The molecule has 1 aromatic heterocycles. The molecule has 18 heavy (non-hydrogen) atoms. The first-order valence-electron chi connectivity index (χ1n) is 5.71. The quantitative estimate of drug-likeness (QED) is 0.853. The molecule has 5 nitrogen and oxygen atoms in total. The molecule has 1 rings (SSSR count). The number of aliphatic hydroxyl groups excluding tert-OH is 1. The zero-order chi connectivity index (χ0) is 13.7. The maximum Gasteiger partial charge on any atom is 0.263 e. The van der Waals surface area contributed by atoms with Gasteiger partial charge in [-0.2, -0.15) is 0 Å². The van der Waals surface area contributed by atoms with Crippen LogP contribution in [0.5, 0.6) is 0 Å². The molecule has 0 aromatic carbocycles. The van der Waals surface area contributed by atoms with Crippen molar-refractivity contribution < 1.29 is 14.7 Å². The number of carbonyl (C=O) groups is 2. The van der Waals surface area contributed by atoms with Crippen LogP contribution < -0.4 is 5.32 Å². The molecule has 0 saturated carbocycles. The second-order valence-corrected chi connectivity index (χ2v) is 5.29. The minimum atomic E-state index is -0.418. The summed E-state index contributed by atoms with van der Waals surface area (Å²) in [7, 11) is 1.70. The summed E-state index contributed by atoms with van der Waals surface area (Å²) in [5, 5.41) is 12.5. The minimum absolute atomic E-state index is 0.0998. The van der Waals surface area contributed by atoms with E-state index in [1.807, 2.05) is 0 Å². The highest BCUT2D eigenvalue weighted by Gasteiger charge is 2.14. The van der Waals surface area contributed by atoms with Gasteiger partial charge in [-0.3, -0.25) is 9.59 Å². The average molecular weight is 270 g/mol. The van der Waals surface area contributed by atoms with Gasteiger partial charge in [-0.25, -0.2) is 0 Å². The second-order valence-electron chi connectivity index (χ2n) is 4.21. The van der Waals surface area contributed by atoms with Gasteiger partial charge in [0.15, 0.2) is 0 Å². The Labute approximate surface area is 110 Å². The largest absolute Gasteiger partial charge is 0.393 e. The normalized spacial score (nSPS) is 12.0. The maximum atomic E-state index is 12.0. The number of hydrogen-bond acceptors (Lipinski definition) is 4. The number of nitrogens with one attached hydrogen (secondary N) is 1. The molecule has 0 aliphatic heterocycles. The van der Waals surface area contributed by atoms with Gasteiger partial charge in [0.2, 0.25) is 5.91 Å². The standard InChI is InChI=1S/C12H18N2O3S/c1-8(15)6-7-14(3)12(17)10-4-5-11(18-10)13-9(2)16/h4-5,8,15H,6-7H2,1-3H3,(H,13,16). The lowest BCUT2D eigenvalue weighted by Crippen LogP contribution is -2.28. The number of anilines is 1. The van der Waals surface area contributed by atoms with E-state index in [-0.39, 0.29) is 11.8 Å². The van der Waals surface area contributed by atoms with E-state index < -0.39 is 6.10 Å². The lowest BCUT2D eigenvalue weighted by atomic mass is 10.2. The molecule has 1 aromatic rings. The molecule has 100 valence electrons. The van der Waals surface area contributed by atoms with E-state index in [1.165, 1.54) is 18.3 Å². The number of carbonyl (C=O) groups excluding carboxylic acids is 2. The Kier molecular flexibility index (Phi) is 5.30. The molecule has 0 radical (unpaired) electrons. The predicted molar refractivity (Wildman–Crippen MR) is 71.9 cm³/mol. The average Bonchev–Trinajstić information content (AvgIpc) is 2.72. The van der Waals surface area contributed by atoms with Gasteiger partial charge in [0.1, 0.15) is 0 Å². The van der Waals surface area contributed by atoms with E-state index in [1.54, 1.807) is 31.0 Å². The fourth-order valence-corrected chi connectivity index (χ4v) is 2.31. The third kappa shape index (κ3) is 4.46. The number of amides is 2. The molecule has 1 unspecified atom stereocenters. The van der Waals surface area contributed by atoms with E-state index in [9.17, 15) is 14.7 Å². The van der Waals surface area contributed by atoms with Crippen LogP contribution in [-0.4, -0.2) is 41.5 Å². The summed E-state index contributed by atoms with van der Waals surface area (Å²) in [5.41, 5.74) is 0. The highest BCUT2D eigenvalue weighted by atomic mass is 32.1. The van der Waals surface area contributed by atoms with Crippen LogP contribution in [0.1, 0.15) is 29.9 Å². The van der Waals surface area contributed by atoms with Gasteiger partial charge in [-0.15, -0.1) is 11.3 Å². The lowest BCUT2D eigenvalue weighted by Gasteiger charge is -2.16. The summed E-state index contributed by atoms with van der Waals surface area (Å²) in [5.74, 6) is -0.254. The molecule has 0 aliphatic rings. The van der Waals surface area contributed by atoms with Gasteiger partial charge < -0.3 is 15.3 Å². The molecular weight excluding hydrogens is 252 g/mol. The van der Waals surface area contributed by atoms with Crippen LogP contribution in [0.15, 0.2) is 12.1 Å². The van der Waals surface area contributed by atoms with Crippen molar-refractivity contribution in [2.24, 2.45) is 0 Å². The van der Waals surface area contributed by atoms with Crippen molar-refractivity contribution in [3.8, 4) is 0 Å². The van der Waals surface area contributed by atoms with Crippen molar-refractivity contribution in [1.29, 1.82) is 0 Å². The highest BCUT2D eigenvalue weighted by Crippen LogP contribution is 2.22. The van der Waals surface area contributed by atoms with Crippen molar-refractivity contribution in [3.63, 3.8) is 0 Å². The van der Waals surface area contributed by atoms with Crippen LogP contribution in [0.2, 0.25) is 0 Å². The fourth-order valence-electron chi connectivity index (χ4n) is 1.36. The Morgan fingerprint density at radius 2 is 2.17 bits per heavy atom. The number of thiophene rings is 1. The van der Waals surface area contributed by atoms with E-state index in [0.717, 1.165) is 0 Å². The van der Waals surface area contributed by atoms with Gasteiger partial charge in [0.25, 0.3) is 5.91 Å². The first-order valence-corrected chi connectivity index (χ1v) is 6.52. The summed E-state index contributed by atoms with van der Waals surface area (Å²) < 4.78 is 0. The molecule has 0 aliphatic carbocycles. The van der Waals surface area contributed by atoms with Crippen molar-refractivity contribution in [2.45, 2.75) is 26.4 Å². The van der Waals surface area contributed by atoms with Crippen LogP contribution >= 0.6 is 11.3 Å². The Bertz CT molecular complexity index is 429. The predicted octanol–water partition coefficient (Wildman–Crippen LogP) is 1.55. The Balaban J connectivity index is 2.60. The van der Waals surface area contributed by atoms with Crippen molar-refractivity contribution in [2.75, 3.05) is 18.9 Å². The summed E-state index contributed by atoms with van der Waals surface area (Å²) in [6.45, 7) is 3.62. The monoisotopic (exact) mass is 270 g/mol. The van der Waals surface area contributed by atoms with E-state index in [0.29, 0.717) is 22.8 Å². The Morgan fingerprint density at radius 1 is 1.50 bits per heavy atom. The summed E-state index contributed by atoms with van der Waals surface area (Å²) >= 11 is 1.25. The zero-order valence-corrected chi connectivity index (χ0v) is 11.6. The third-order valence-electron chi connectivity index (χ3n) is 2.34. The molecule has 0 saturated heterocycles. The van der Waals surface area contributed by atoms with Gasteiger partial charge >= 0.3 is 0 Å². The summed E-state index contributed by atoms with van der Waals surface area (Å²) in [6.07, 6.45) is 0.130. The van der Waals surface area contributed by atoms with Crippen LogP contribution in [0.3, 0.4) is 0 Å². The van der Waals surface area contributed by atoms with Crippen molar-refractivity contribution in [3.05, 3.63) is 17.0 Å². The number of hydrogen-bond donors (Lipinski definition) is 2. The van der Waals surface area contributed by atoms with Crippen molar-refractivity contribution >= 4 is 28.2 Å². The van der Waals surface area contributed by atoms with E-state index in [2.05, 4.69) is 5.32 Å². The van der Waals surface area contributed by atoms with Gasteiger partial charge in [-0.05, 0) is 25.5 Å². The molecule has 0 spiro atoms. The fraction of sp³-hybridized carbons (Fsp3) is 0.500. The summed E-state index contributed by atoms with van der Waals surface area (Å²) in [4.78, 5) is 25.0. The maximum absolute atomic E-state index is 12.0. The first kappa shape index (κ1) is 14.7. The number of rotatable bonds is 5.